The van der Waals surface area contributed by atoms with E-state index in [1.165, 1.54) is 25.7 Å². The van der Waals surface area contributed by atoms with Crippen molar-refractivity contribution in [3.63, 3.8) is 0 Å². The molecule has 0 amide bonds. The molecule has 0 atom stereocenters. The van der Waals surface area contributed by atoms with Gasteiger partial charge in [-0.2, -0.15) is 22.0 Å². The fraction of sp³-hybridized carbons (Fsp3) is 0.375. The highest BCUT2D eigenvalue weighted by atomic mass is 19.3. The highest BCUT2D eigenvalue weighted by Gasteiger charge is 2.41. The molecule has 0 N–H and O–H groups in total. The molecule has 0 unspecified atom stereocenters. The third-order valence-electron chi connectivity index (χ3n) is 7.67. The standard InChI is InChI=1S/C32H29F9O2/c1-2-3-4-5-18-6-8-19(9-7-18)20-10-12-21(13-11-20)22-14-24(33)28(25(34)15-22)32(40,41)43-23-16-26(35)29(27(36)17-23)42-31(39)30(37)38/h10-19H,2-9H2,1H3. The van der Waals surface area contributed by atoms with Crippen molar-refractivity contribution in [1.82, 2.24) is 0 Å². The fourth-order valence-electron chi connectivity index (χ4n) is 5.45. The van der Waals surface area contributed by atoms with Gasteiger partial charge < -0.3 is 9.47 Å². The predicted octanol–water partition coefficient (Wildman–Crippen LogP) is 11.3. The molecular formula is C32H29F9O2. The van der Waals surface area contributed by atoms with Gasteiger partial charge in [-0.1, -0.05) is 56.9 Å². The summed E-state index contributed by atoms with van der Waals surface area (Å²) in [4.78, 5) is 0. The third-order valence-corrected chi connectivity index (χ3v) is 7.67. The van der Waals surface area contributed by atoms with Crippen LogP contribution in [0.4, 0.5) is 39.5 Å². The van der Waals surface area contributed by atoms with E-state index in [2.05, 4.69) is 16.4 Å². The highest BCUT2D eigenvalue weighted by molar-refractivity contribution is 5.64. The van der Waals surface area contributed by atoms with Gasteiger partial charge in [0.05, 0.1) is 0 Å². The number of benzene rings is 3. The van der Waals surface area contributed by atoms with Crippen LogP contribution in [0.25, 0.3) is 11.1 Å². The van der Waals surface area contributed by atoms with Crippen LogP contribution in [0.15, 0.2) is 60.6 Å². The maximum Gasteiger partial charge on any atom is 0.432 e. The van der Waals surface area contributed by atoms with Crippen LogP contribution in [-0.2, 0) is 6.11 Å². The van der Waals surface area contributed by atoms with Crippen molar-refractivity contribution in [2.75, 3.05) is 0 Å². The summed E-state index contributed by atoms with van der Waals surface area (Å²) < 4.78 is 133. The molecule has 0 aromatic heterocycles. The average molecular weight is 617 g/mol. The monoisotopic (exact) mass is 616 g/mol. The van der Waals surface area contributed by atoms with Crippen molar-refractivity contribution in [3.8, 4) is 22.6 Å². The zero-order chi connectivity index (χ0) is 31.3. The summed E-state index contributed by atoms with van der Waals surface area (Å²) in [5, 5.41) is 0. The van der Waals surface area contributed by atoms with Crippen LogP contribution >= 0.6 is 0 Å². The molecule has 3 aromatic carbocycles. The normalized spacial score (nSPS) is 17.1. The largest absolute Gasteiger partial charge is 0.432 e. The van der Waals surface area contributed by atoms with Crippen LogP contribution in [0, 0.1) is 29.2 Å². The van der Waals surface area contributed by atoms with E-state index in [1.807, 2.05) is 12.1 Å². The quantitative estimate of drug-likeness (QED) is 0.121. The first-order chi connectivity index (χ1) is 20.4. The van der Waals surface area contributed by atoms with E-state index < -0.39 is 58.5 Å². The molecule has 4 rings (SSSR count). The molecule has 11 heteroatoms. The van der Waals surface area contributed by atoms with Gasteiger partial charge in [-0.05, 0) is 66.3 Å². The number of ether oxygens (including phenoxy) is 2. The predicted molar refractivity (Wildman–Crippen MR) is 142 cm³/mol. The van der Waals surface area contributed by atoms with E-state index in [1.54, 1.807) is 12.1 Å². The first-order valence-electron chi connectivity index (χ1n) is 13.9. The Morgan fingerprint density at radius 2 is 1.35 bits per heavy atom. The van der Waals surface area contributed by atoms with Crippen molar-refractivity contribution < 1.29 is 49.0 Å². The van der Waals surface area contributed by atoms with Crippen LogP contribution in [0.1, 0.15) is 75.3 Å². The molecule has 1 aliphatic rings. The molecule has 0 aliphatic heterocycles. The van der Waals surface area contributed by atoms with Crippen molar-refractivity contribution in [2.24, 2.45) is 5.92 Å². The Kier molecular flexibility index (Phi) is 10.3. The molecular weight excluding hydrogens is 587 g/mol. The van der Waals surface area contributed by atoms with E-state index in [9.17, 15) is 39.5 Å². The van der Waals surface area contributed by atoms with Crippen LogP contribution in [-0.4, -0.2) is 0 Å². The Morgan fingerprint density at radius 1 is 0.767 bits per heavy atom. The Labute approximate surface area is 243 Å². The lowest BCUT2D eigenvalue weighted by Gasteiger charge is -2.29. The van der Waals surface area contributed by atoms with Crippen LogP contribution in [0.3, 0.4) is 0 Å². The minimum Gasteiger partial charge on any atom is -0.429 e. The van der Waals surface area contributed by atoms with Crippen LogP contribution < -0.4 is 9.47 Å². The van der Waals surface area contributed by atoms with Gasteiger partial charge in [0.15, 0.2) is 11.6 Å². The molecule has 0 saturated heterocycles. The lowest BCUT2D eigenvalue weighted by molar-refractivity contribution is -0.189. The lowest BCUT2D eigenvalue weighted by Crippen LogP contribution is -2.25. The number of unbranched alkanes of at least 4 members (excludes halogenated alkanes) is 2. The average Bonchev–Trinajstić information content (AvgIpc) is 2.94. The first-order valence-corrected chi connectivity index (χ1v) is 13.9. The number of alkyl halides is 2. The summed E-state index contributed by atoms with van der Waals surface area (Å²) in [6, 6.07) is 5.91. The Bertz CT molecular complexity index is 1400. The Morgan fingerprint density at radius 3 is 1.88 bits per heavy atom. The summed E-state index contributed by atoms with van der Waals surface area (Å²) in [6.45, 7) is 2.18. The number of rotatable bonds is 11. The van der Waals surface area contributed by atoms with E-state index in [4.69, 9.17) is 0 Å². The summed E-state index contributed by atoms with van der Waals surface area (Å²) in [7, 11) is 0. The SMILES string of the molecule is CCCCCC1CCC(c2ccc(-c3cc(F)c(C(F)(F)Oc4cc(F)c(OC(F)=C(F)F)c(F)c4)c(F)c3)cc2)CC1. The number of hydrogen-bond donors (Lipinski definition) is 0. The molecule has 1 fully saturated rings. The zero-order valence-corrected chi connectivity index (χ0v) is 23.1. The molecule has 3 aromatic rings. The molecule has 232 valence electrons. The molecule has 0 spiro atoms. The number of halogens is 9. The molecule has 0 radical (unpaired) electrons. The fourth-order valence-corrected chi connectivity index (χ4v) is 5.45. The van der Waals surface area contributed by atoms with Crippen molar-refractivity contribution >= 4 is 0 Å². The van der Waals surface area contributed by atoms with Gasteiger partial charge in [0.2, 0.25) is 5.75 Å². The summed E-state index contributed by atoms with van der Waals surface area (Å²) in [5.74, 6) is -8.97. The van der Waals surface area contributed by atoms with Gasteiger partial charge in [0.1, 0.15) is 22.9 Å². The second-order valence-corrected chi connectivity index (χ2v) is 10.6. The highest BCUT2D eigenvalue weighted by Crippen LogP contribution is 2.41. The lowest BCUT2D eigenvalue weighted by atomic mass is 9.77. The maximum atomic E-state index is 14.9. The molecule has 43 heavy (non-hydrogen) atoms. The summed E-state index contributed by atoms with van der Waals surface area (Å²) in [5.41, 5.74) is -0.360. The molecule has 1 saturated carbocycles. The van der Waals surface area contributed by atoms with Crippen LogP contribution in [0.5, 0.6) is 11.5 Å². The van der Waals surface area contributed by atoms with E-state index in [0.717, 1.165) is 37.2 Å². The third kappa shape index (κ3) is 7.86. The van der Waals surface area contributed by atoms with Crippen molar-refractivity contribution in [1.29, 1.82) is 0 Å². The van der Waals surface area contributed by atoms with Crippen molar-refractivity contribution in [3.05, 3.63) is 95.0 Å². The van der Waals surface area contributed by atoms with Gasteiger partial charge in [0, 0.05) is 12.1 Å². The molecule has 1 aliphatic carbocycles. The maximum absolute atomic E-state index is 14.9. The molecule has 2 nitrogen and oxygen atoms in total. The number of hydrogen-bond acceptors (Lipinski definition) is 2. The Balaban J connectivity index is 1.47. The zero-order valence-electron chi connectivity index (χ0n) is 23.1. The van der Waals surface area contributed by atoms with Gasteiger partial charge in [-0.25, -0.2) is 17.6 Å². The van der Waals surface area contributed by atoms with Crippen LogP contribution in [0.2, 0.25) is 0 Å². The molecule has 0 bridgehead atoms. The first kappa shape index (κ1) is 32.3. The summed E-state index contributed by atoms with van der Waals surface area (Å²) >= 11 is 0. The topological polar surface area (TPSA) is 18.5 Å². The van der Waals surface area contributed by atoms with E-state index in [-0.39, 0.29) is 17.7 Å². The van der Waals surface area contributed by atoms with Gasteiger partial charge >= 0.3 is 18.2 Å². The minimum absolute atomic E-state index is 0.0190. The van der Waals surface area contributed by atoms with Gasteiger partial charge in [0.25, 0.3) is 0 Å². The summed E-state index contributed by atoms with van der Waals surface area (Å²) in [6.07, 6.45) is 1.55. The Hall–Kier alpha value is -3.63. The smallest absolute Gasteiger partial charge is 0.429 e. The minimum atomic E-state index is -4.76. The van der Waals surface area contributed by atoms with Gasteiger partial charge in [-0.3, -0.25) is 0 Å². The van der Waals surface area contributed by atoms with Gasteiger partial charge in [-0.15, -0.1) is 0 Å². The second kappa shape index (κ2) is 13.8. The van der Waals surface area contributed by atoms with E-state index in [0.29, 0.717) is 23.6 Å². The second-order valence-electron chi connectivity index (χ2n) is 10.6. The van der Waals surface area contributed by atoms with E-state index >= 15 is 0 Å². The van der Waals surface area contributed by atoms with Crippen molar-refractivity contribution in [2.45, 2.75) is 70.3 Å². The molecule has 0 heterocycles.